The zero-order valence-corrected chi connectivity index (χ0v) is 15.6. The van der Waals surface area contributed by atoms with E-state index in [-0.39, 0.29) is 11.1 Å². The van der Waals surface area contributed by atoms with Crippen LogP contribution < -0.4 is 10.3 Å². The van der Waals surface area contributed by atoms with Gasteiger partial charge in [0.2, 0.25) is 0 Å². The van der Waals surface area contributed by atoms with Crippen LogP contribution >= 0.6 is 0 Å². The standard InChI is InChI=1S/C21H18N4O4/c1-2-29-16-10-13(8-12-4-3-5-14(9-12)21(27)28)6-7-15(16)18-24-19-17(20(26)25-18)22-11-23-19/h3-7,9-11H,2,8H2,1H3,(H,27,28)(H2,22,23,24,25,26). The lowest BCUT2D eigenvalue weighted by atomic mass is 10.0. The van der Waals surface area contributed by atoms with Crippen LogP contribution in [-0.2, 0) is 6.42 Å². The van der Waals surface area contributed by atoms with Gasteiger partial charge in [-0.05, 0) is 48.7 Å². The Labute approximate surface area is 165 Å². The number of aromatic nitrogens is 4. The Morgan fingerprint density at radius 2 is 2.00 bits per heavy atom. The van der Waals surface area contributed by atoms with Crippen molar-refractivity contribution in [2.45, 2.75) is 13.3 Å². The number of nitrogens with zero attached hydrogens (tertiary/aromatic N) is 2. The molecule has 0 fully saturated rings. The molecule has 3 N–H and O–H groups in total. The number of carboxylic acid groups (broad SMARTS) is 1. The van der Waals surface area contributed by atoms with Crippen molar-refractivity contribution in [1.29, 1.82) is 0 Å². The van der Waals surface area contributed by atoms with Crippen LogP contribution in [0.1, 0.15) is 28.4 Å². The summed E-state index contributed by atoms with van der Waals surface area (Å²) in [7, 11) is 0. The molecule has 0 amide bonds. The number of nitrogens with one attached hydrogen (secondary N) is 2. The monoisotopic (exact) mass is 390 g/mol. The molecule has 0 aliphatic rings. The minimum absolute atomic E-state index is 0.248. The molecular weight excluding hydrogens is 372 g/mol. The number of carbonyl (C=O) groups is 1. The van der Waals surface area contributed by atoms with Gasteiger partial charge >= 0.3 is 5.97 Å². The maximum absolute atomic E-state index is 12.2. The zero-order valence-electron chi connectivity index (χ0n) is 15.6. The number of fused-ring (bicyclic) bond motifs is 1. The van der Waals surface area contributed by atoms with Crippen molar-refractivity contribution < 1.29 is 14.6 Å². The van der Waals surface area contributed by atoms with E-state index in [1.54, 1.807) is 18.2 Å². The number of hydrogen-bond donors (Lipinski definition) is 3. The summed E-state index contributed by atoms with van der Waals surface area (Å²) in [5.41, 5.74) is 3.07. The molecule has 0 aliphatic heterocycles. The summed E-state index contributed by atoms with van der Waals surface area (Å²) in [5, 5.41) is 9.17. The van der Waals surface area contributed by atoms with E-state index in [9.17, 15) is 14.7 Å². The van der Waals surface area contributed by atoms with Gasteiger partial charge in [-0.15, -0.1) is 0 Å². The Kier molecular flexibility index (Phi) is 4.82. The summed E-state index contributed by atoms with van der Waals surface area (Å²) < 4.78 is 5.78. The number of benzene rings is 2. The van der Waals surface area contributed by atoms with Crippen LogP contribution in [-0.4, -0.2) is 37.6 Å². The third kappa shape index (κ3) is 3.73. The normalized spacial score (nSPS) is 10.9. The molecule has 4 rings (SSSR count). The summed E-state index contributed by atoms with van der Waals surface area (Å²) in [5.74, 6) is -0.00381. The highest BCUT2D eigenvalue weighted by molar-refractivity contribution is 5.87. The first kappa shape index (κ1) is 18.4. The second kappa shape index (κ2) is 7.59. The predicted molar refractivity (Wildman–Crippen MR) is 107 cm³/mol. The molecule has 8 nitrogen and oxygen atoms in total. The van der Waals surface area contributed by atoms with Crippen LogP contribution in [0.3, 0.4) is 0 Å². The Bertz CT molecular complexity index is 1260. The number of ether oxygens (including phenoxy) is 1. The van der Waals surface area contributed by atoms with Gasteiger partial charge in [0.25, 0.3) is 5.56 Å². The van der Waals surface area contributed by atoms with Gasteiger partial charge in [-0.1, -0.05) is 18.2 Å². The van der Waals surface area contributed by atoms with Crippen molar-refractivity contribution in [2.24, 2.45) is 0 Å². The number of aromatic amines is 2. The summed E-state index contributed by atoms with van der Waals surface area (Å²) in [6, 6.07) is 12.4. The van der Waals surface area contributed by atoms with Crippen molar-refractivity contribution >= 4 is 17.1 Å². The third-order valence-corrected chi connectivity index (χ3v) is 4.48. The van der Waals surface area contributed by atoms with Crippen molar-refractivity contribution in [3.63, 3.8) is 0 Å². The summed E-state index contributed by atoms with van der Waals surface area (Å²) in [6.45, 7) is 2.32. The fourth-order valence-corrected chi connectivity index (χ4v) is 3.17. The largest absolute Gasteiger partial charge is 0.493 e. The molecule has 29 heavy (non-hydrogen) atoms. The highest BCUT2D eigenvalue weighted by Gasteiger charge is 2.14. The molecule has 2 heterocycles. The fourth-order valence-electron chi connectivity index (χ4n) is 3.17. The van der Waals surface area contributed by atoms with Gasteiger partial charge in [0.15, 0.2) is 11.2 Å². The SMILES string of the molecule is CCOc1cc(Cc2cccc(C(=O)O)c2)ccc1-c1nc2nc[nH]c2c(=O)[nH]1. The number of carboxylic acids is 1. The maximum atomic E-state index is 12.2. The van der Waals surface area contributed by atoms with E-state index < -0.39 is 5.97 Å². The zero-order chi connectivity index (χ0) is 20.4. The Morgan fingerprint density at radius 1 is 1.17 bits per heavy atom. The van der Waals surface area contributed by atoms with Crippen LogP contribution in [0.4, 0.5) is 0 Å². The number of rotatable bonds is 6. The second-order valence-corrected chi connectivity index (χ2v) is 6.46. The lowest BCUT2D eigenvalue weighted by Gasteiger charge is -2.12. The molecule has 146 valence electrons. The highest BCUT2D eigenvalue weighted by atomic mass is 16.5. The first-order valence-electron chi connectivity index (χ1n) is 9.07. The molecule has 0 aliphatic carbocycles. The lowest BCUT2D eigenvalue weighted by molar-refractivity contribution is 0.0696. The van der Waals surface area contributed by atoms with Gasteiger partial charge in [-0.25, -0.2) is 14.8 Å². The molecule has 0 spiro atoms. The van der Waals surface area contributed by atoms with Gasteiger partial charge in [0.1, 0.15) is 11.6 Å². The smallest absolute Gasteiger partial charge is 0.335 e. The van der Waals surface area contributed by atoms with Crippen LogP contribution in [0.15, 0.2) is 53.6 Å². The third-order valence-electron chi connectivity index (χ3n) is 4.48. The maximum Gasteiger partial charge on any atom is 0.335 e. The van der Waals surface area contributed by atoms with Crippen molar-refractivity contribution in [1.82, 2.24) is 19.9 Å². The highest BCUT2D eigenvalue weighted by Crippen LogP contribution is 2.29. The minimum atomic E-state index is -0.957. The first-order chi connectivity index (χ1) is 14.0. The van der Waals surface area contributed by atoms with Gasteiger partial charge in [-0.2, -0.15) is 0 Å². The summed E-state index contributed by atoms with van der Waals surface area (Å²) >= 11 is 0. The van der Waals surface area contributed by atoms with Crippen molar-refractivity contribution in [3.05, 3.63) is 75.8 Å². The molecular formula is C21H18N4O4. The molecule has 4 aromatic rings. The van der Waals surface area contributed by atoms with E-state index in [1.165, 1.54) is 6.33 Å². The van der Waals surface area contributed by atoms with Gasteiger partial charge in [0, 0.05) is 0 Å². The quantitative estimate of drug-likeness (QED) is 0.465. The van der Waals surface area contributed by atoms with E-state index in [1.807, 2.05) is 31.2 Å². The van der Waals surface area contributed by atoms with Crippen LogP contribution in [0.25, 0.3) is 22.6 Å². The van der Waals surface area contributed by atoms with Crippen LogP contribution in [0.5, 0.6) is 5.75 Å². The molecule has 0 radical (unpaired) electrons. The molecule has 2 aromatic heterocycles. The number of imidazole rings is 1. The van der Waals surface area contributed by atoms with Gasteiger partial charge < -0.3 is 19.8 Å². The molecule has 0 saturated heterocycles. The van der Waals surface area contributed by atoms with Crippen molar-refractivity contribution in [2.75, 3.05) is 6.61 Å². The average molecular weight is 390 g/mol. The average Bonchev–Trinajstić information content (AvgIpc) is 3.18. The lowest BCUT2D eigenvalue weighted by Crippen LogP contribution is -2.10. The number of aromatic carboxylic acids is 1. The molecule has 0 saturated carbocycles. The Morgan fingerprint density at radius 3 is 2.79 bits per heavy atom. The fraction of sp³-hybridized carbons (Fsp3) is 0.143. The summed E-state index contributed by atoms with van der Waals surface area (Å²) in [6.07, 6.45) is 1.97. The summed E-state index contributed by atoms with van der Waals surface area (Å²) in [4.78, 5) is 37.4. The molecule has 0 atom stereocenters. The second-order valence-electron chi connectivity index (χ2n) is 6.46. The molecule has 0 unspecified atom stereocenters. The molecule has 8 heteroatoms. The predicted octanol–water partition coefficient (Wildman–Crippen LogP) is 3.00. The minimum Gasteiger partial charge on any atom is -0.493 e. The van der Waals surface area contributed by atoms with Crippen molar-refractivity contribution in [3.8, 4) is 17.1 Å². The van der Waals surface area contributed by atoms with Crippen LogP contribution in [0.2, 0.25) is 0 Å². The Balaban J connectivity index is 1.72. The Hall–Kier alpha value is -3.94. The van der Waals surface area contributed by atoms with Gasteiger partial charge in [0.05, 0.1) is 24.1 Å². The molecule has 2 aromatic carbocycles. The first-order valence-corrected chi connectivity index (χ1v) is 9.07. The van der Waals surface area contributed by atoms with E-state index in [0.29, 0.717) is 41.3 Å². The topological polar surface area (TPSA) is 121 Å². The molecule has 0 bridgehead atoms. The number of H-pyrrole nitrogens is 2. The van der Waals surface area contributed by atoms with E-state index in [0.717, 1.165) is 11.1 Å². The van der Waals surface area contributed by atoms with E-state index in [4.69, 9.17) is 4.74 Å². The van der Waals surface area contributed by atoms with E-state index >= 15 is 0 Å². The number of hydrogen-bond acceptors (Lipinski definition) is 5. The van der Waals surface area contributed by atoms with Crippen LogP contribution in [0, 0.1) is 0 Å². The van der Waals surface area contributed by atoms with E-state index in [2.05, 4.69) is 19.9 Å². The van der Waals surface area contributed by atoms with Gasteiger partial charge in [-0.3, -0.25) is 4.79 Å².